The standard InChI is InChI=1S/C22H22N2O4/c1-14-20(23-21(28-14)15-7-5-4-6-8-15)22(25)24-10-9-16-11-18(26-2)19(27-3)12-17(16)13-24/h4-8,11-12H,9-10,13H2,1-3H3. The Morgan fingerprint density at radius 2 is 1.75 bits per heavy atom. The Morgan fingerprint density at radius 3 is 2.43 bits per heavy atom. The smallest absolute Gasteiger partial charge is 0.276 e. The van der Waals surface area contributed by atoms with Crippen LogP contribution in [-0.4, -0.2) is 36.6 Å². The fraction of sp³-hybridized carbons (Fsp3) is 0.273. The first kappa shape index (κ1) is 18.1. The third-order valence-electron chi connectivity index (χ3n) is 5.03. The number of hydrogen-bond acceptors (Lipinski definition) is 5. The van der Waals surface area contributed by atoms with Crippen molar-refractivity contribution in [2.45, 2.75) is 19.9 Å². The summed E-state index contributed by atoms with van der Waals surface area (Å²) in [6, 6.07) is 13.5. The van der Waals surface area contributed by atoms with E-state index in [1.807, 2.05) is 42.5 Å². The molecular formula is C22H22N2O4. The van der Waals surface area contributed by atoms with Crippen LogP contribution in [0.25, 0.3) is 11.5 Å². The van der Waals surface area contributed by atoms with E-state index >= 15 is 0 Å². The van der Waals surface area contributed by atoms with Gasteiger partial charge in [0.05, 0.1) is 14.2 Å². The number of ether oxygens (including phenoxy) is 2. The molecule has 0 bridgehead atoms. The Bertz CT molecular complexity index is 1010. The van der Waals surface area contributed by atoms with Crippen LogP contribution in [0.1, 0.15) is 27.4 Å². The lowest BCUT2D eigenvalue weighted by Gasteiger charge is -2.29. The maximum Gasteiger partial charge on any atom is 0.276 e. The highest BCUT2D eigenvalue weighted by Gasteiger charge is 2.27. The van der Waals surface area contributed by atoms with Crippen LogP contribution in [0.4, 0.5) is 0 Å². The van der Waals surface area contributed by atoms with E-state index in [1.165, 1.54) is 5.56 Å². The van der Waals surface area contributed by atoms with E-state index in [0.717, 1.165) is 17.5 Å². The van der Waals surface area contributed by atoms with Crippen LogP contribution in [-0.2, 0) is 13.0 Å². The van der Waals surface area contributed by atoms with Gasteiger partial charge in [-0.15, -0.1) is 0 Å². The molecule has 0 radical (unpaired) electrons. The zero-order valence-corrected chi connectivity index (χ0v) is 16.2. The van der Waals surface area contributed by atoms with Crippen molar-refractivity contribution in [2.75, 3.05) is 20.8 Å². The van der Waals surface area contributed by atoms with Crippen LogP contribution in [0.15, 0.2) is 46.9 Å². The molecule has 0 saturated carbocycles. The van der Waals surface area contributed by atoms with Crippen LogP contribution < -0.4 is 9.47 Å². The van der Waals surface area contributed by atoms with Crippen molar-refractivity contribution in [3.63, 3.8) is 0 Å². The first-order chi connectivity index (χ1) is 13.6. The SMILES string of the molecule is COc1cc2c(cc1OC)CN(C(=O)c1nc(-c3ccccc3)oc1C)CC2. The minimum absolute atomic E-state index is 0.121. The van der Waals surface area contributed by atoms with Crippen LogP contribution in [0.5, 0.6) is 11.5 Å². The molecule has 1 amide bonds. The second-order valence-electron chi connectivity index (χ2n) is 6.74. The summed E-state index contributed by atoms with van der Waals surface area (Å²) in [4.78, 5) is 19.4. The Kier molecular flexibility index (Phi) is 4.77. The van der Waals surface area contributed by atoms with Gasteiger partial charge in [-0.3, -0.25) is 4.79 Å². The molecule has 0 unspecified atom stereocenters. The van der Waals surface area contributed by atoms with Gasteiger partial charge in [0, 0.05) is 18.7 Å². The predicted octanol–water partition coefficient (Wildman–Crippen LogP) is 3.87. The van der Waals surface area contributed by atoms with Crippen molar-refractivity contribution in [2.24, 2.45) is 0 Å². The van der Waals surface area contributed by atoms with Crippen LogP contribution in [0.3, 0.4) is 0 Å². The average molecular weight is 378 g/mol. The largest absolute Gasteiger partial charge is 0.493 e. The molecule has 6 heteroatoms. The highest BCUT2D eigenvalue weighted by molar-refractivity contribution is 5.94. The van der Waals surface area contributed by atoms with Crippen molar-refractivity contribution >= 4 is 5.91 Å². The first-order valence-electron chi connectivity index (χ1n) is 9.16. The lowest BCUT2D eigenvalue weighted by molar-refractivity contribution is 0.0727. The summed E-state index contributed by atoms with van der Waals surface area (Å²) in [7, 11) is 3.24. The number of oxazole rings is 1. The van der Waals surface area contributed by atoms with Gasteiger partial charge in [0.1, 0.15) is 5.76 Å². The normalized spacial score (nSPS) is 13.2. The average Bonchev–Trinajstić information content (AvgIpc) is 3.14. The van der Waals surface area contributed by atoms with Crippen LogP contribution in [0, 0.1) is 6.92 Å². The molecule has 6 nitrogen and oxygen atoms in total. The summed E-state index contributed by atoms with van der Waals surface area (Å²) < 4.78 is 16.5. The lowest BCUT2D eigenvalue weighted by atomic mass is 9.98. The van der Waals surface area contributed by atoms with Gasteiger partial charge in [-0.2, -0.15) is 0 Å². The van der Waals surface area contributed by atoms with Gasteiger partial charge >= 0.3 is 0 Å². The second-order valence-corrected chi connectivity index (χ2v) is 6.74. The first-order valence-corrected chi connectivity index (χ1v) is 9.16. The minimum Gasteiger partial charge on any atom is -0.493 e. The van der Waals surface area contributed by atoms with Gasteiger partial charge in [-0.05, 0) is 48.7 Å². The molecule has 2 aromatic carbocycles. The van der Waals surface area contributed by atoms with E-state index in [4.69, 9.17) is 13.9 Å². The second kappa shape index (κ2) is 7.38. The van der Waals surface area contributed by atoms with Crippen LogP contribution >= 0.6 is 0 Å². The Labute approximate surface area is 163 Å². The van der Waals surface area contributed by atoms with Gasteiger partial charge in [0.15, 0.2) is 17.2 Å². The summed E-state index contributed by atoms with van der Waals surface area (Å²) in [6.07, 6.45) is 0.754. The number of carbonyl (C=O) groups excluding carboxylic acids is 1. The number of hydrogen-bond donors (Lipinski definition) is 0. The molecule has 3 aromatic rings. The molecule has 0 aliphatic carbocycles. The van der Waals surface area contributed by atoms with E-state index in [1.54, 1.807) is 26.0 Å². The third kappa shape index (κ3) is 3.22. The topological polar surface area (TPSA) is 64.8 Å². The molecule has 0 spiro atoms. The number of aromatic nitrogens is 1. The van der Waals surface area contributed by atoms with Crippen molar-refractivity contribution < 1.29 is 18.7 Å². The molecular weight excluding hydrogens is 356 g/mol. The number of rotatable bonds is 4. The van der Waals surface area contributed by atoms with E-state index < -0.39 is 0 Å². The van der Waals surface area contributed by atoms with Crippen LogP contribution in [0.2, 0.25) is 0 Å². The summed E-state index contributed by atoms with van der Waals surface area (Å²) in [5, 5.41) is 0. The molecule has 1 aliphatic heterocycles. The van der Waals surface area contributed by atoms with Gasteiger partial charge in [-0.25, -0.2) is 4.98 Å². The third-order valence-corrected chi connectivity index (χ3v) is 5.03. The number of benzene rings is 2. The van der Waals surface area contributed by atoms with Crippen molar-refractivity contribution in [1.82, 2.24) is 9.88 Å². The molecule has 28 heavy (non-hydrogen) atoms. The Balaban J connectivity index is 1.60. The Morgan fingerprint density at radius 1 is 1.07 bits per heavy atom. The molecule has 2 heterocycles. The van der Waals surface area contributed by atoms with E-state index in [2.05, 4.69) is 4.98 Å². The quantitative estimate of drug-likeness (QED) is 0.690. The number of amides is 1. The molecule has 4 rings (SSSR count). The fourth-order valence-corrected chi connectivity index (χ4v) is 3.51. The van der Waals surface area contributed by atoms with Gasteiger partial charge in [0.25, 0.3) is 5.91 Å². The van der Waals surface area contributed by atoms with Crippen molar-refractivity contribution in [1.29, 1.82) is 0 Å². The number of aryl methyl sites for hydroxylation is 1. The Hall–Kier alpha value is -3.28. The summed E-state index contributed by atoms with van der Waals surface area (Å²) >= 11 is 0. The molecule has 1 aliphatic rings. The zero-order valence-electron chi connectivity index (χ0n) is 16.2. The van der Waals surface area contributed by atoms with Crippen molar-refractivity contribution in [3.05, 3.63) is 65.0 Å². The van der Waals surface area contributed by atoms with Gasteiger partial charge in [-0.1, -0.05) is 18.2 Å². The summed E-state index contributed by atoms with van der Waals surface area (Å²) in [6.45, 7) is 2.90. The minimum atomic E-state index is -0.121. The highest BCUT2D eigenvalue weighted by atomic mass is 16.5. The monoisotopic (exact) mass is 378 g/mol. The van der Waals surface area contributed by atoms with E-state index in [9.17, 15) is 4.79 Å². The number of methoxy groups -OCH3 is 2. The highest BCUT2D eigenvalue weighted by Crippen LogP contribution is 2.33. The molecule has 0 saturated heterocycles. The van der Waals surface area contributed by atoms with Gasteiger partial charge < -0.3 is 18.8 Å². The fourth-order valence-electron chi connectivity index (χ4n) is 3.51. The molecule has 0 fully saturated rings. The number of fused-ring (bicyclic) bond motifs is 1. The maximum absolute atomic E-state index is 13.1. The molecule has 0 N–H and O–H groups in total. The predicted molar refractivity (Wildman–Crippen MR) is 105 cm³/mol. The van der Waals surface area contributed by atoms with Gasteiger partial charge in [0.2, 0.25) is 5.89 Å². The van der Waals surface area contributed by atoms with E-state index in [0.29, 0.717) is 41.9 Å². The molecule has 144 valence electrons. The molecule has 1 aromatic heterocycles. The van der Waals surface area contributed by atoms with Crippen molar-refractivity contribution in [3.8, 4) is 23.0 Å². The maximum atomic E-state index is 13.1. The number of nitrogens with zero attached hydrogens (tertiary/aromatic N) is 2. The number of carbonyl (C=O) groups is 1. The molecule has 0 atom stereocenters. The summed E-state index contributed by atoms with van der Waals surface area (Å²) in [5.74, 6) is 2.25. The lowest BCUT2D eigenvalue weighted by Crippen LogP contribution is -2.36. The van der Waals surface area contributed by atoms with E-state index in [-0.39, 0.29) is 5.91 Å². The summed E-state index contributed by atoms with van der Waals surface area (Å²) in [5.41, 5.74) is 3.44. The zero-order chi connectivity index (χ0) is 19.7.